The molecule has 2 aromatic rings. The molecule has 0 unspecified atom stereocenters. The van der Waals surface area contributed by atoms with Crippen LogP contribution in [0.4, 0.5) is 15.9 Å². The van der Waals surface area contributed by atoms with E-state index >= 15 is 0 Å². The Morgan fingerprint density at radius 1 is 1.00 bits per heavy atom. The summed E-state index contributed by atoms with van der Waals surface area (Å²) in [5.74, 6) is 0.297. The first kappa shape index (κ1) is 21.5. The number of hydrogen-bond acceptors (Lipinski definition) is 3. The molecule has 0 spiro atoms. The monoisotopic (exact) mass is 430 g/mol. The molecule has 1 aliphatic carbocycles. The van der Waals surface area contributed by atoms with Crippen LogP contribution >= 0.6 is 0 Å². The molecular formula is C22H31FN6O2+2. The fraction of sp³-hybridized carbons (Fsp3) is 0.500. The van der Waals surface area contributed by atoms with Crippen LogP contribution in [-0.2, 0) is 9.59 Å². The van der Waals surface area contributed by atoms with Crippen molar-refractivity contribution in [2.75, 3.05) is 49.9 Å². The van der Waals surface area contributed by atoms with Crippen molar-refractivity contribution < 1.29 is 23.8 Å². The van der Waals surface area contributed by atoms with E-state index in [1.807, 2.05) is 10.7 Å². The van der Waals surface area contributed by atoms with Crippen molar-refractivity contribution in [1.82, 2.24) is 9.78 Å². The summed E-state index contributed by atoms with van der Waals surface area (Å²) in [6, 6.07) is 8.17. The van der Waals surface area contributed by atoms with Crippen LogP contribution in [0.2, 0.25) is 0 Å². The largest absolute Gasteiger partial charge is 0.321 e. The van der Waals surface area contributed by atoms with E-state index < -0.39 is 0 Å². The third-order valence-electron chi connectivity index (χ3n) is 6.20. The molecule has 2 amide bonds. The smallest absolute Gasteiger partial charge is 0.280 e. The van der Waals surface area contributed by atoms with Crippen molar-refractivity contribution in [3.63, 3.8) is 0 Å². The van der Waals surface area contributed by atoms with E-state index in [1.165, 1.54) is 34.8 Å². The predicted octanol–water partition coefficient (Wildman–Crippen LogP) is -0.502. The van der Waals surface area contributed by atoms with Gasteiger partial charge in [0.05, 0.1) is 12.2 Å². The van der Waals surface area contributed by atoms with Gasteiger partial charge in [-0.1, -0.05) is 18.9 Å². The highest BCUT2D eigenvalue weighted by atomic mass is 19.1. The second-order valence-corrected chi connectivity index (χ2v) is 8.56. The number of benzene rings is 1. The summed E-state index contributed by atoms with van der Waals surface area (Å²) in [7, 11) is 0. The highest BCUT2D eigenvalue weighted by Gasteiger charge is 2.27. The van der Waals surface area contributed by atoms with Gasteiger partial charge in [-0.15, -0.1) is 0 Å². The maximum absolute atomic E-state index is 13.2. The average molecular weight is 431 g/mol. The molecule has 1 saturated heterocycles. The standard InChI is InChI=1S/C22H29FN6O2/c23-17-4-3-5-18(14-17)25-21(30)15-27-10-12-28(13-11-27)16-22(31)26-20-8-9-24-29(20)19-6-1-2-7-19/h3-5,8-9,14,19H,1-2,6-7,10-13,15-16H2,(H,25,30)(H,26,31)/p+2. The number of piperazine rings is 1. The molecular weight excluding hydrogens is 399 g/mol. The number of amides is 2. The van der Waals surface area contributed by atoms with Crippen LogP contribution in [0.3, 0.4) is 0 Å². The minimum atomic E-state index is -0.369. The second kappa shape index (κ2) is 10.0. The molecule has 2 fully saturated rings. The lowest BCUT2D eigenvalue weighted by Gasteiger charge is -2.29. The van der Waals surface area contributed by atoms with Crippen LogP contribution < -0.4 is 20.4 Å². The molecule has 4 rings (SSSR count). The minimum Gasteiger partial charge on any atom is -0.321 e. The molecule has 1 aliphatic heterocycles. The summed E-state index contributed by atoms with van der Waals surface area (Å²) in [6.45, 7) is 4.06. The van der Waals surface area contributed by atoms with Crippen LogP contribution in [0.15, 0.2) is 36.5 Å². The molecule has 0 radical (unpaired) electrons. The molecule has 0 bridgehead atoms. The summed E-state index contributed by atoms with van der Waals surface area (Å²) in [6.07, 6.45) is 6.42. The first-order valence-corrected chi connectivity index (χ1v) is 11.1. The summed E-state index contributed by atoms with van der Waals surface area (Å²) in [4.78, 5) is 27.2. The molecule has 31 heavy (non-hydrogen) atoms. The molecule has 2 aliphatic rings. The van der Waals surface area contributed by atoms with Gasteiger partial charge in [0.15, 0.2) is 13.1 Å². The number of halogens is 1. The Hall–Kier alpha value is -2.78. The number of carbonyl (C=O) groups excluding carboxylic acids is 2. The van der Waals surface area contributed by atoms with Gasteiger partial charge >= 0.3 is 0 Å². The summed E-state index contributed by atoms with van der Waals surface area (Å²) < 4.78 is 15.2. The number of rotatable bonds is 7. The predicted molar refractivity (Wildman–Crippen MR) is 115 cm³/mol. The first-order valence-electron chi connectivity index (χ1n) is 11.1. The highest BCUT2D eigenvalue weighted by molar-refractivity contribution is 5.91. The molecule has 4 N–H and O–H groups in total. The number of nitrogens with zero attached hydrogens (tertiary/aromatic N) is 2. The topological polar surface area (TPSA) is 84.9 Å². The normalized spacial score (nSPS) is 21.7. The van der Waals surface area contributed by atoms with E-state index in [-0.39, 0.29) is 17.6 Å². The van der Waals surface area contributed by atoms with Crippen molar-refractivity contribution in [1.29, 1.82) is 0 Å². The van der Waals surface area contributed by atoms with Crippen LogP contribution in [0.5, 0.6) is 0 Å². The van der Waals surface area contributed by atoms with Crippen molar-refractivity contribution in [3.05, 3.63) is 42.3 Å². The average Bonchev–Trinajstić information content (AvgIpc) is 3.41. The number of quaternary nitrogens is 2. The third-order valence-corrected chi connectivity index (χ3v) is 6.20. The number of aromatic nitrogens is 2. The van der Waals surface area contributed by atoms with Gasteiger partial charge in [0.25, 0.3) is 11.8 Å². The molecule has 9 heteroatoms. The Morgan fingerprint density at radius 2 is 1.65 bits per heavy atom. The van der Waals surface area contributed by atoms with Gasteiger partial charge in [0, 0.05) is 11.8 Å². The molecule has 8 nitrogen and oxygen atoms in total. The fourth-order valence-corrected chi connectivity index (χ4v) is 4.58. The van der Waals surface area contributed by atoms with Gasteiger partial charge in [-0.3, -0.25) is 9.59 Å². The Kier molecular flexibility index (Phi) is 6.93. The Balaban J connectivity index is 1.19. The molecule has 2 heterocycles. The van der Waals surface area contributed by atoms with Crippen LogP contribution in [0.1, 0.15) is 31.7 Å². The lowest BCUT2D eigenvalue weighted by atomic mass is 10.2. The maximum Gasteiger partial charge on any atom is 0.280 e. The van der Waals surface area contributed by atoms with Crippen molar-refractivity contribution in [2.45, 2.75) is 31.7 Å². The number of carbonyl (C=O) groups is 2. The maximum atomic E-state index is 13.2. The third kappa shape index (κ3) is 5.89. The fourth-order valence-electron chi connectivity index (χ4n) is 4.58. The number of anilines is 2. The molecule has 1 aromatic heterocycles. The number of nitrogens with one attached hydrogen (secondary N) is 4. The van der Waals surface area contributed by atoms with Gasteiger partial charge in [-0.2, -0.15) is 5.10 Å². The molecule has 166 valence electrons. The summed E-state index contributed by atoms with van der Waals surface area (Å²) in [5, 5.41) is 10.2. The lowest BCUT2D eigenvalue weighted by Crippen LogP contribution is -3.28. The summed E-state index contributed by atoms with van der Waals surface area (Å²) in [5.41, 5.74) is 0.474. The van der Waals surface area contributed by atoms with Gasteiger partial charge < -0.3 is 20.4 Å². The van der Waals surface area contributed by atoms with Gasteiger partial charge in [-0.25, -0.2) is 9.07 Å². The van der Waals surface area contributed by atoms with Crippen LogP contribution in [0.25, 0.3) is 0 Å². The Bertz CT molecular complexity index is 903. The van der Waals surface area contributed by atoms with Crippen molar-refractivity contribution in [3.8, 4) is 0 Å². The quantitative estimate of drug-likeness (QED) is 0.478. The van der Waals surface area contributed by atoms with Crippen molar-refractivity contribution in [2.24, 2.45) is 0 Å². The molecule has 1 saturated carbocycles. The first-order chi connectivity index (χ1) is 15.1. The van der Waals surface area contributed by atoms with Crippen molar-refractivity contribution >= 4 is 23.3 Å². The van der Waals surface area contributed by atoms with E-state index in [1.54, 1.807) is 18.3 Å². The number of hydrogen-bond donors (Lipinski definition) is 4. The lowest BCUT2D eigenvalue weighted by molar-refractivity contribution is -1.00. The molecule has 0 atom stereocenters. The van der Waals surface area contributed by atoms with Crippen LogP contribution in [-0.4, -0.2) is 60.9 Å². The SMILES string of the molecule is O=C(C[NH+]1CC[NH+](CC(=O)Nc2ccnn2C2CCCC2)CC1)Nc1cccc(F)c1. The Morgan fingerprint density at radius 3 is 2.29 bits per heavy atom. The second-order valence-electron chi connectivity index (χ2n) is 8.56. The zero-order valence-corrected chi connectivity index (χ0v) is 17.7. The van der Waals surface area contributed by atoms with E-state index in [9.17, 15) is 14.0 Å². The molecule has 1 aromatic carbocycles. The van der Waals surface area contributed by atoms with E-state index in [2.05, 4.69) is 15.7 Å². The summed E-state index contributed by atoms with van der Waals surface area (Å²) >= 11 is 0. The van der Waals surface area contributed by atoms with Gasteiger partial charge in [-0.05, 0) is 31.0 Å². The van der Waals surface area contributed by atoms with E-state index in [4.69, 9.17) is 0 Å². The zero-order valence-electron chi connectivity index (χ0n) is 17.7. The highest BCUT2D eigenvalue weighted by Crippen LogP contribution is 2.31. The zero-order chi connectivity index (χ0) is 21.6. The Labute approximate surface area is 181 Å². The van der Waals surface area contributed by atoms with Crippen LogP contribution in [0, 0.1) is 5.82 Å². The van der Waals surface area contributed by atoms with E-state index in [0.29, 0.717) is 24.8 Å². The van der Waals surface area contributed by atoms with Gasteiger partial charge in [0.1, 0.15) is 37.8 Å². The van der Waals surface area contributed by atoms with Gasteiger partial charge in [0.2, 0.25) is 0 Å². The minimum absolute atomic E-state index is 0.00189. The van der Waals surface area contributed by atoms with E-state index in [0.717, 1.165) is 44.8 Å².